The van der Waals surface area contributed by atoms with E-state index in [0.717, 1.165) is 22.9 Å². The third-order valence-electron chi connectivity index (χ3n) is 3.79. The molecule has 0 saturated heterocycles. The van der Waals surface area contributed by atoms with E-state index in [1.807, 2.05) is 24.3 Å². The van der Waals surface area contributed by atoms with Gasteiger partial charge in [0.25, 0.3) is 0 Å². The highest BCUT2D eigenvalue weighted by molar-refractivity contribution is 9.10. The zero-order valence-electron chi connectivity index (χ0n) is 9.32. The minimum Gasteiger partial charge on any atom is -0.388 e. The zero-order chi connectivity index (χ0) is 11.6. The molecule has 16 heavy (non-hydrogen) atoms. The van der Waals surface area contributed by atoms with Crippen LogP contribution >= 0.6 is 15.9 Å². The van der Waals surface area contributed by atoms with Gasteiger partial charge in [-0.3, -0.25) is 0 Å². The van der Waals surface area contributed by atoms with E-state index in [0.29, 0.717) is 6.54 Å². The second kappa shape index (κ2) is 4.86. The van der Waals surface area contributed by atoms with Crippen molar-refractivity contribution in [2.45, 2.75) is 31.8 Å². The normalized spacial score (nSPS) is 20.9. The topological polar surface area (TPSA) is 46.2 Å². The Morgan fingerprint density at radius 1 is 1.31 bits per heavy atom. The molecule has 1 fully saturated rings. The van der Waals surface area contributed by atoms with E-state index in [2.05, 4.69) is 15.9 Å². The van der Waals surface area contributed by atoms with Crippen LogP contribution in [0.5, 0.6) is 0 Å². The highest BCUT2D eigenvalue weighted by atomic mass is 79.9. The van der Waals surface area contributed by atoms with Gasteiger partial charge in [0.1, 0.15) is 0 Å². The predicted octanol–water partition coefficient (Wildman–Crippen LogP) is 3.00. The van der Waals surface area contributed by atoms with Crippen molar-refractivity contribution in [3.63, 3.8) is 0 Å². The van der Waals surface area contributed by atoms with Gasteiger partial charge in [-0.25, -0.2) is 0 Å². The first-order valence-corrected chi connectivity index (χ1v) is 6.61. The third kappa shape index (κ3) is 2.04. The van der Waals surface area contributed by atoms with Crippen molar-refractivity contribution in [3.8, 4) is 0 Å². The Kier molecular flexibility index (Phi) is 3.67. The summed E-state index contributed by atoms with van der Waals surface area (Å²) in [7, 11) is 0. The van der Waals surface area contributed by atoms with Crippen LogP contribution in [0.1, 0.15) is 37.4 Å². The molecular formula is C13H18BrNO. The van der Waals surface area contributed by atoms with Crippen LogP contribution in [0.25, 0.3) is 0 Å². The first-order chi connectivity index (χ1) is 7.69. The van der Waals surface area contributed by atoms with Crippen molar-refractivity contribution >= 4 is 15.9 Å². The summed E-state index contributed by atoms with van der Waals surface area (Å²) >= 11 is 3.50. The molecule has 0 amide bonds. The Bertz CT molecular complexity index is 361. The molecule has 1 aromatic carbocycles. The Hall–Kier alpha value is -0.380. The Morgan fingerprint density at radius 3 is 2.50 bits per heavy atom. The maximum atomic E-state index is 10.5. The molecule has 1 saturated carbocycles. The first-order valence-electron chi connectivity index (χ1n) is 5.82. The summed E-state index contributed by atoms with van der Waals surface area (Å²) in [5.41, 5.74) is 6.74. The van der Waals surface area contributed by atoms with E-state index in [4.69, 9.17) is 5.73 Å². The molecule has 0 aromatic heterocycles. The lowest BCUT2D eigenvalue weighted by Crippen LogP contribution is -2.34. The monoisotopic (exact) mass is 283 g/mol. The molecule has 1 unspecified atom stereocenters. The lowest BCUT2D eigenvalue weighted by molar-refractivity contribution is 0.0328. The van der Waals surface area contributed by atoms with Gasteiger partial charge in [-0.1, -0.05) is 47.0 Å². The molecule has 1 aliphatic carbocycles. The van der Waals surface area contributed by atoms with E-state index in [9.17, 15) is 5.11 Å². The molecule has 1 aromatic rings. The maximum Gasteiger partial charge on any atom is 0.0869 e. The van der Waals surface area contributed by atoms with Crippen molar-refractivity contribution in [3.05, 3.63) is 34.3 Å². The molecule has 0 spiro atoms. The smallest absolute Gasteiger partial charge is 0.0869 e. The summed E-state index contributed by atoms with van der Waals surface area (Å²) in [4.78, 5) is 0. The largest absolute Gasteiger partial charge is 0.388 e. The van der Waals surface area contributed by atoms with Gasteiger partial charge in [-0.15, -0.1) is 0 Å². The van der Waals surface area contributed by atoms with Gasteiger partial charge in [0.15, 0.2) is 0 Å². The molecule has 3 heteroatoms. The molecule has 1 aliphatic rings. The van der Waals surface area contributed by atoms with E-state index in [-0.39, 0.29) is 5.41 Å². The molecule has 3 N–H and O–H groups in total. The van der Waals surface area contributed by atoms with Crippen LogP contribution in [0.3, 0.4) is 0 Å². The summed E-state index contributed by atoms with van der Waals surface area (Å²) < 4.78 is 0.974. The second-order valence-corrected chi connectivity index (χ2v) is 5.55. The van der Waals surface area contributed by atoms with Crippen LogP contribution in [-0.4, -0.2) is 11.7 Å². The van der Waals surface area contributed by atoms with Gasteiger partial charge in [0, 0.05) is 16.4 Å². The molecule has 0 heterocycles. The molecular weight excluding hydrogens is 266 g/mol. The average Bonchev–Trinajstić information content (AvgIpc) is 2.78. The Labute approximate surface area is 105 Å². The van der Waals surface area contributed by atoms with Crippen molar-refractivity contribution < 1.29 is 5.11 Å². The molecule has 88 valence electrons. The molecule has 1 atom stereocenters. The summed E-state index contributed by atoms with van der Waals surface area (Å²) in [6.45, 7) is 0.565. The maximum absolute atomic E-state index is 10.5. The van der Waals surface area contributed by atoms with Gasteiger partial charge < -0.3 is 10.8 Å². The number of hydrogen-bond donors (Lipinski definition) is 2. The van der Waals surface area contributed by atoms with Gasteiger partial charge in [0.05, 0.1) is 6.10 Å². The minimum absolute atomic E-state index is 0.107. The van der Waals surface area contributed by atoms with Crippen LogP contribution in [0, 0.1) is 5.41 Å². The zero-order valence-corrected chi connectivity index (χ0v) is 10.9. The third-order valence-corrected chi connectivity index (χ3v) is 4.51. The molecule has 2 nitrogen and oxygen atoms in total. The molecule has 2 rings (SSSR count). The Morgan fingerprint density at radius 2 is 1.94 bits per heavy atom. The summed E-state index contributed by atoms with van der Waals surface area (Å²) in [5.74, 6) is 0. The minimum atomic E-state index is -0.449. The number of halogens is 1. The quantitative estimate of drug-likeness (QED) is 0.896. The van der Waals surface area contributed by atoms with Crippen molar-refractivity contribution in [1.29, 1.82) is 0 Å². The lowest BCUT2D eigenvalue weighted by atomic mass is 9.77. The lowest BCUT2D eigenvalue weighted by Gasteiger charge is -2.33. The summed E-state index contributed by atoms with van der Waals surface area (Å²) in [6, 6.07) is 7.87. The van der Waals surface area contributed by atoms with Gasteiger partial charge in [0.2, 0.25) is 0 Å². The average molecular weight is 284 g/mol. The summed E-state index contributed by atoms with van der Waals surface area (Å²) in [6.07, 6.45) is 3.98. The highest BCUT2D eigenvalue weighted by Gasteiger charge is 2.40. The van der Waals surface area contributed by atoms with Gasteiger partial charge >= 0.3 is 0 Å². The number of aliphatic hydroxyl groups excluding tert-OH is 1. The number of benzene rings is 1. The van der Waals surface area contributed by atoms with E-state index >= 15 is 0 Å². The van der Waals surface area contributed by atoms with Gasteiger partial charge in [-0.2, -0.15) is 0 Å². The number of nitrogens with two attached hydrogens (primary N) is 1. The van der Waals surface area contributed by atoms with Crippen LogP contribution < -0.4 is 5.73 Å². The molecule has 0 aliphatic heterocycles. The molecule has 0 radical (unpaired) electrons. The standard InChI is InChI=1S/C13H18BrNO/c14-11-6-2-1-5-10(11)12(16)13(9-15)7-3-4-8-13/h1-2,5-6,12,16H,3-4,7-9,15H2. The van der Waals surface area contributed by atoms with Gasteiger partial charge in [-0.05, 0) is 24.5 Å². The van der Waals surface area contributed by atoms with Crippen LogP contribution in [0.15, 0.2) is 28.7 Å². The highest BCUT2D eigenvalue weighted by Crippen LogP contribution is 2.47. The van der Waals surface area contributed by atoms with Crippen LogP contribution in [0.2, 0.25) is 0 Å². The van der Waals surface area contributed by atoms with Crippen molar-refractivity contribution in [2.24, 2.45) is 11.1 Å². The van der Waals surface area contributed by atoms with Crippen LogP contribution in [0.4, 0.5) is 0 Å². The SMILES string of the molecule is NCC1(C(O)c2ccccc2Br)CCCC1. The van der Waals surface area contributed by atoms with E-state index < -0.39 is 6.10 Å². The van der Waals surface area contributed by atoms with E-state index in [1.165, 1.54) is 12.8 Å². The first kappa shape index (κ1) is 12.1. The second-order valence-electron chi connectivity index (χ2n) is 4.70. The fraction of sp³-hybridized carbons (Fsp3) is 0.538. The van der Waals surface area contributed by atoms with Crippen LogP contribution in [-0.2, 0) is 0 Å². The fourth-order valence-electron chi connectivity index (χ4n) is 2.70. The summed E-state index contributed by atoms with van der Waals surface area (Å²) in [5, 5.41) is 10.5. The fourth-order valence-corrected chi connectivity index (χ4v) is 3.20. The Balaban J connectivity index is 2.30. The number of rotatable bonds is 3. The molecule has 0 bridgehead atoms. The number of hydrogen-bond acceptors (Lipinski definition) is 2. The predicted molar refractivity (Wildman–Crippen MR) is 69.1 cm³/mol. The number of aliphatic hydroxyl groups is 1. The van der Waals surface area contributed by atoms with E-state index in [1.54, 1.807) is 0 Å². The van der Waals surface area contributed by atoms with Crippen molar-refractivity contribution in [2.75, 3.05) is 6.54 Å². The van der Waals surface area contributed by atoms with Crippen molar-refractivity contribution in [1.82, 2.24) is 0 Å².